The fourth-order valence-electron chi connectivity index (χ4n) is 3.63. The fourth-order valence-corrected chi connectivity index (χ4v) is 4.52. The molecule has 0 unspecified atom stereocenters. The number of nitrogens with zero attached hydrogens (tertiary/aromatic N) is 3. The Bertz CT molecular complexity index is 1040. The number of carbonyl (C=O) groups is 1. The van der Waals surface area contributed by atoms with Crippen molar-refractivity contribution in [3.8, 4) is 0 Å². The standard InChI is InChI=1S/C21H23N3O2S/c1-2-3-6-11-24-20(25)17-8-5-4-7-16(17)19(22-24)21(26)23-12-9-18-15(14-23)10-13-27-18/h4-5,7-8,10,13H,2-3,6,9,11-12,14H2,1H3. The van der Waals surface area contributed by atoms with E-state index in [4.69, 9.17) is 0 Å². The predicted octanol–water partition coefficient (Wildman–Crippen LogP) is 3.85. The van der Waals surface area contributed by atoms with Crippen LogP contribution in [0.2, 0.25) is 0 Å². The quantitative estimate of drug-likeness (QED) is 0.631. The Morgan fingerprint density at radius 2 is 2.00 bits per heavy atom. The van der Waals surface area contributed by atoms with Crippen molar-refractivity contribution < 1.29 is 4.79 Å². The highest BCUT2D eigenvalue weighted by Gasteiger charge is 2.26. The number of thiophene rings is 1. The minimum absolute atomic E-state index is 0.0905. The van der Waals surface area contributed by atoms with E-state index in [-0.39, 0.29) is 11.5 Å². The Balaban J connectivity index is 1.73. The van der Waals surface area contributed by atoms with Gasteiger partial charge in [0.25, 0.3) is 11.5 Å². The number of aromatic nitrogens is 2. The number of carbonyl (C=O) groups excluding carboxylic acids is 1. The molecular weight excluding hydrogens is 358 g/mol. The molecule has 0 bridgehead atoms. The molecule has 1 aliphatic heterocycles. The van der Waals surface area contributed by atoms with Gasteiger partial charge in [0.2, 0.25) is 0 Å². The van der Waals surface area contributed by atoms with Crippen LogP contribution in [0.25, 0.3) is 10.8 Å². The van der Waals surface area contributed by atoms with E-state index in [0.717, 1.165) is 25.7 Å². The van der Waals surface area contributed by atoms with Crippen LogP contribution in [0.3, 0.4) is 0 Å². The Morgan fingerprint density at radius 3 is 2.81 bits per heavy atom. The third-order valence-corrected chi connectivity index (χ3v) is 6.16. The smallest absolute Gasteiger partial charge is 0.275 e. The summed E-state index contributed by atoms with van der Waals surface area (Å²) in [6.07, 6.45) is 3.88. The maximum atomic E-state index is 13.3. The van der Waals surface area contributed by atoms with Crippen LogP contribution in [0.5, 0.6) is 0 Å². The van der Waals surface area contributed by atoms with Gasteiger partial charge in [0, 0.05) is 29.9 Å². The molecule has 4 rings (SSSR count). The van der Waals surface area contributed by atoms with Gasteiger partial charge in [-0.15, -0.1) is 11.3 Å². The highest BCUT2D eigenvalue weighted by Crippen LogP contribution is 2.25. The molecule has 3 aromatic rings. The maximum absolute atomic E-state index is 13.3. The molecule has 140 valence electrons. The van der Waals surface area contributed by atoms with E-state index in [0.29, 0.717) is 36.1 Å². The van der Waals surface area contributed by atoms with E-state index in [1.165, 1.54) is 15.1 Å². The monoisotopic (exact) mass is 381 g/mol. The molecule has 0 aliphatic carbocycles. The Kier molecular flexibility index (Phi) is 5.07. The van der Waals surface area contributed by atoms with Gasteiger partial charge in [-0.1, -0.05) is 38.0 Å². The molecule has 6 heteroatoms. The van der Waals surface area contributed by atoms with Crippen molar-refractivity contribution in [3.63, 3.8) is 0 Å². The summed E-state index contributed by atoms with van der Waals surface area (Å²) in [5.41, 5.74) is 1.50. The third-order valence-electron chi connectivity index (χ3n) is 5.14. The van der Waals surface area contributed by atoms with Gasteiger partial charge in [-0.3, -0.25) is 9.59 Å². The lowest BCUT2D eigenvalue weighted by atomic mass is 10.1. The number of aryl methyl sites for hydroxylation is 1. The van der Waals surface area contributed by atoms with Gasteiger partial charge in [0.05, 0.1) is 5.39 Å². The molecule has 1 aliphatic rings. The van der Waals surface area contributed by atoms with Crippen molar-refractivity contribution >= 4 is 28.0 Å². The molecule has 27 heavy (non-hydrogen) atoms. The summed E-state index contributed by atoms with van der Waals surface area (Å²) in [6, 6.07) is 9.41. The lowest BCUT2D eigenvalue weighted by Crippen LogP contribution is -2.37. The third kappa shape index (κ3) is 3.41. The van der Waals surface area contributed by atoms with Crippen LogP contribution < -0.4 is 5.56 Å². The minimum atomic E-state index is -0.114. The van der Waals surface area contributed by atoms with E-state index in [1.807, 2.05) is 23.1 Å². The van der Waals surface area contributed by atoms with Crippen molar-refractivity contribution in [2.75, 3.05) is 6.54 Å². The zero-order valence-corrected chi connectivity index (χ0v) is 16.3. The maximum Gasteiger partial charge on any atom is 0.275 e. The van der Waals surface area contributed by atoms with E-state index < -0.39 is 0 Å². The van der Waals surface area contributed by atoms with E-state index in [9.17, 15) is 9.59 Å². The molecule has 0 fully saturated rings. The molecule has 2 aromatic heterocycles. The normalized spacial score (nSPS) is 13.7. The van der Waals surface area contributed by atoms with Crippen molar-refractivity contribution in [2.24, 2.45) is 0 Å². The average molecular weight is 382 g/mol. The number of rotatable bonds is 5. The molecule has 0 spiro atoms. The first kappa shape index (κ1) is 17.9. The summed E-state index contributed by atoms with van der Waals surface area (Å²) in [7, 11) is 0. The highest BCUT2D eigenvalue weighted by molar-refractivity contribution is 7.10. The molecule has 1 amide bonds. The van der Waals surface area contributed by atoms with Gasteiger partial charge in [0.15, 0.2) is 5.69 Å². The zero-order valence-electron chi connectivity index (χ0n) is 15.5. The SMILES string of the molecule is CCCCCn1nc(C(=O)N2CCc3sccc3C2)c2ccccc2c1=O. The summed E-state index contributed by atoms with van der Waals surface area (Å²) < 4.78 is 1.48. The Hall–Kier alpha value is -2.47. The van der Waals surface area contributed by atoms with Crippen molar-refractivity contribution in [2.45, 2.75) is 45.7 Å². The zero-order chi connectivity index (χ0) is 18.8. The molecule has 5 nitrogen and oxygen atoms in total. The summed E-state index contributed by atoms with van der Waals surface area (Å²) in [6.45, 7) is 3.98. The summed E-state index contributed by atoms with van der Waals surface area (Å²) in [4.78, 5) is 29.3. The van der Waals surface area contributed by atoms with Crippen LogP contribution in [-0.4, -0.2) is 27.1 Å². The van der Waals surface area contributed by atoms with E-state index >= 15 is 0 Å². The largest absolute Gasteiger partial charge is 0.333 e. The van der Waals surface area contributed by atoms with E-state index in [1.54, 1.807) is 17.4 Å². The van der Waals surface area contributed by atoms with Gasteiger partial charge >= 0.3 is 0 Å². The van der Waals surface area contributed by atoms with Crippen LogP contribution in [-0.2, 0) is 19.5 Å². The summed E-state index contributed by atoms with van der Waals surface area (Å²) >= 11 is 1.75. The Morgan fingerprint density at radius 1 is 1.19 bits per heavy atom. The molecule has 0 atom stereocenters. The van der Waals surface area contributed by atoms with Gasteiger partial charge in [-0.05, 0) is 35.9 Å². The molecule has 0 N–H and O–H groups in total. The lowest BCUT2D eigenvalue weighted by molar-refractivity contribution is 0.0729. The topological polar surface area (TPSA) is 55.2 Å². The average Bonchev–Trinajstić information content (AvgIpc) is 3.17. The van der Waals surface area contributed by atoms with Crippen LogP contribution in [0.1, 0.15) is 47.1 Å². The summed E-state index contributed by atoms with van der Waals surface area (Å²) in [5, 5.41) is 7.81. The van der Waals surface area contributed by atoms with Crippen LogP contribution >= 0.6 is 11.3 Å². The van der Waals surface area contributed by atoms with E-state index in [2.05, 4.69) is 23.5 Å². The number of hydrogen-bond donors (Lipinski definition) is 0. The highest BCUT2D eigenvalue weighted by atomic mass is 32.1. The first-order chi connectivity index (χ1) is 13.2. The molecule has 0 saturated carbocycles. The second-order valence-corrected chi connectivity index (χ2v) is 7.98. The summed E-state index contributed by atoms with van der Waals surface area (Å²) in [5.74, 6) is -0.0905. The van der Waals surface area contributed by atoms with Crippen LogP contribution in [0.4, 0.5) is 0 Å². The van der Waals surface area contributed by atoms with Gasteiger partial charge < -0.3 is 4.90 Å². The molecular formula is C21H23N3O2S. The number of unbranched alkanes of at least 4 members (excludes halogenated alkanes) is 2. The van der Waals surface area contributed by atoms with Crippen molar-refractivity contribution in [3.05, 3.63) is 62.2 Å². The Labute approximate surface area is 162 Å². The number of benzene rings is 1. The first-order valence-corrected chi connectivity index (χ1v) is 10.4. The number of fused-ring (bicyclic) bond motifs is 2. The van der Waals surface area contributed by atoms with Crippen LogP contribution in [0, 0.1) is 0 Å². The first-order valence-electron chi connectivity index (χ1n) is 9.53. The molecule has 0 radical (unpaired) electrons. The van der Waals surface area contributed by atoms with Crippen molar-refractivity contribution in [1.82, 2.24) is 14.7 Å². The fraction of sp³-hybridized carbons (Fsp3) is 0.381. The lowest BCUT2D eigenvalue weighted by Gasteiger charge is -2.27. The minimum Gasteiger partial charge on any atom is -0.333 e. The molecule has 3 heterocycles. The van der Waals surface area contributed by atoms with Crippen molar-refractivity contribution in [1.29, 1.82) is 0 Å². The number of hydrogen-bond acceptors (Lipinski definition) is 4. The van der Waals surface area contributed by atoms with Crippen LogP contribution in [0.15, 0.2) is 40.5 Å². The second-order valence-electron chi connectivity index (χ2n) is 6.98. The molecule has 1 aromatic carbocycles. The van der Waals surface area contributed by atoms with Gasteiger partial charge in [0.1, 0.15) is 0 Å². The second kappa shape index (κ2) is 7.64. The predicted molar refractivity (Wildman–Crippen MR) is 108 cm³/mol. The number of amides is 1. The van der Waals surface area contributed by atoms with Gasteiger partial charge in [-0.2, -0.15) is 5.10 Å². The van der Waals surface area contributed by atoms with Gasteiger partial charge in [-0.25, -0.2) is 4.68 Å². The molecule has 0 saturated heterocycles.